The average Bonchev–Trinajstić information content (AvgIpc) is 3.13. The largest absolute Gasteiger partial charge is 0.376 e. The van der Waals surface area contributed by atoms with Crippen molar-refractivity contribution in [1.29, 1.82) is 0 Å². The van der Waals surface area contributed by atoms with Crippen molar-refractivity contribution in [2.45, 2.75) is 31.8 Å². The molecule has 0 spiro atoms. The minimum absolute atomic E-state index is 0.290. The summed E-state index contributed by atoms with van der Waals surface area (Å²) in [6.45, 7) is 2.65. The molecule has 5 heteroatoms. The lowest BCUT2D eigenvalue weighted by molar-refractivity contribution is 0.120. The van der Waals surface area contributed by atoms with Crippen LogP contribution in [0.3, 0.4) is 0 Å². The predicted octanol–water partition coefficient (Wildman–Crippen LogP) is 3.15. The summed E-state index contributed by atoms with van der Waals surface area (Å²) < 4.78 is 5.64. The number of hydrogen-bond acceptors (Lipinski definition) is 5. The summed E-state index contributed by atoms with van der Waals surface area (Å²) in [5, 5.41) is 3.32. The number of fused-ring (bicyclic) bond motifs is 1. The third kappa shape index (κ3) is 3.15. The molecule has 4 rings (SSSR count). The van der Waals surface area contributed by atoms with Gasteiger partial charge in [-0.2, -0.15) is 4.98 Å². The van der Waals surface area contributed by atoms with Crippen molar-refractivity contribution in [3.8, 4) is 0 Å². The molecule has 0 bridgehead atoms. The fraction of sp³-hybridized carbons (Fsp3) is 0.444. The van der Waals surface area contributed by atoms with E-state index in [1.54, 1.807) is 0 Å². The number of nitrogens with zero attached hydrogens (tertiary/aromatic N) is 3. The van der Waals surface area contributed by atoms with Crippen LogP contribution in [-0.4, -0.2) is 35.8 Å². The first kappa shape index (κ1) is 14.5. The third-order valence-corrected chi connectivity index (χ3v) is 4.54. The normalized spacial score (nSPS) is 20.3. The lowest BCUT2D eigenvalue weighted by Crippen LogP contribution is -2.26. The van der Waals surface area contributed by atoms with E-state index in [0.29, 0.717) is 5.95 Å². The van der Waals surface area contributed by atoms with Gasteiger partial charge in [-0.05, 0) is 43.4 Å². The van der Waals surface area contributed by atoms with Crippen LogP contribution < -0.4 is 10.2 Å². The Hall–Kier alpha value is -2.14. The Morgan fingerprint density at radius 3 is 3.09 bits per heavy atom. The summed E-state index contributed by atoms with van der Waals surface area (Å²) in [5.74, 6) is 1.64. The molecule has 2 aliphatic heterocycles. The zero-order valence-electron chi connectivity index (χ0n) is 13.2. The van der Waals surface area contributed by atoms with Gasteiger partial charge in [0.2, 0.25) is 5.95 Å². The molecule has 0 aliphatic carbocycles. The molecular formula is C18H22N4O. The van der Waals surface area contributed by atoms with Crippen LogP contribution in [0, 0.1) is 0 Å². The first-order chi connectivity index (χ1) is 11.4. The monoisotopic (exact) mass is 310 g/mol. The van der Waals surface area contributed by atoms with E-state index in [2.05, 4.69) is 39.5 Å². The van der Waals surface area contributed by atoms with Crippen LogP contribution in [-0.2, 0) is 11.2 Å². The standard InChI is InChI=1S/C18H22N4O/c1-2-8-16-14(5-1)6-3-11-22(16)17-9-10-19-18(21-17)20-13-15-7-4-12-23-15/h1-2,5,8-10,15H,3-4,6-7,11-13H2,(H,19,20,21). The Balaban J connectivity index is 1.52. The van der Waals surface area contributed by atoms with Gasteiger partial charge < -0.3 is 15.0 Å². The Kier molecular flexibility index (Phi) is 4.11. The van der Waals surface area contributed by atoms with Crippen molar-refractivity contribution >= 4 is 17.5 Å². The molecular weight excluding hydrogens is 288 g/mol. The zero-order valence-corrected chi connectivity index (χ0v) is 13.2. The first-order valence-corrected chi connectivity index (χ1v) is 8.44. The number of nitrogens with one attached hydrogen (secondary N) is 1. The van der Waals surface area contributed by atoms with Crippen LogP contribution in [0.1, 0.15) is 24.8 Å². The van der Waals surface area contributed by atoms with E-state index in [1.807, 2.05) is 12.3 Å². The van der Waals surface area contributed by atoms with Crippen molar-refractivity contribution in [3.05, 3.63) is 42.1 Å². The molecule has 23 heavy (non-hydrogen) atoms. The molecule has 1 N–H and O–H groups in total. The van der Waals surface area contributed by atoms with Crippen LogP contribution in [0.2, 0.25) is 0 Å². The summed E-state index contributed by atoms with van der Waals surface area (Å²) >= 11 is 0. The van der Waals surface area contributed by atoms with Crippen LogP contribution in [0.25, 0.3) is 0 Å². The summed E-state index contributed by atoms with van der Waals surface area (Å²) in [6, 6.07) is 10.6. The fourth-order valence-electron chi connectivity index (χ4n) is 3.37. The maximum absolute atomic E-state index is 5.64. The molecule has 1 saturated heterocycles. The van der Waals surface area contributed by atoms with Gasteiger partial charge in [-0.3, -0.25) is 0 Å². The minimum Gasteiger partial charge on any atom is -0.376 e. The second-order valence-electron chi connectivity index (χ2n) is 6.14. The molecule has 1 aromatic heterocycles. The predicted molar refractivity (Wildman–Crippen MR) is 91.3 cm³/mol. The van der Waals surface area contributed by atoms with Crippen LogP contribution in [0.15, 0.2) is 36.5 Å². The number of hydrogen-bond donors (Lipinski definition) is 1. The Bertz CT molecular complexity index is 670. The van der Waals surface area contributed by atoms with Gasteiger partial charge in [0.05, 0.1) is 6.10 Å². The number of anilines is 3. The number of rotatable bonds is 4. The summed E-state index contributed by atoms with van der Waals surface area (Å²) in [7, 11) is 0. The van der Waals surface area contributed by atoms with E-state index in [-0.39, 0.29) is 6.10 Å². The number of aromatic nitrogens is 2. The van der Waals surface area contributed by atoms with Gasteiger partial charge >= 0.3 is 0 Å². The lowest BCUT2D eigenvalue weighted by atomic mass is 10.0. The summed E-state index contributed by atoms with van der Waals surface area (Å²) in [5.41, 5.74) is 2.66. The van der Waals surface area contributed by atoms with Gasteiger partial charge in [0.25, 0.3) is 0 Å². The topological polar surface area (TPSA) is 50.3 Å². The molecule has 3 heterocycles. The second-order valence-corrected chi connectivity index (χ2v) is 6.14. The first-order valence-electron chi connectivity index (χ1n) is 8.44. The van der Waals surface area contributed by atoms with E-state index in [4.69, 9.17) is 9.72 Å². The van der Waals surface area contributed by atoms with Gasteiger partial charge in [-0.25, -0.2) is 4.98 Å². The van der Waals surface area contributed by atoms with E-state index in [0.717, 1.165) is 51.2 Å². The molecule has 0 saturated carbocycles. The molecule has 120 valence electrons. The smallest absolute Gasteiger partial charge is 0.224 e. The van der Waals surface area contributed by atoms with Crippen molar-refractivity contribution in [1.82, 2.24) is 9.97 Å². The van der Waals surface area contributed by atoms with Crippen molar-refractivity contribution in [2.75, 3.05) is 29.9 Å². The Morgan fingerprint density at radius 2 is 2.17 bits per heavy atom. The van der Waals surface area contributed by atoms with Crippen molar-refractivity contribution < 1.29 is 4.74 Å². The lowest BCUT2D eigenvalue weighted by Gasteiger charge is -2.30. The Labute approximate surface area is 136 Å². The third-order valence-electron chi connectivity index (χ3n) is 4.54. The second kappa shape index (κ2) is 6.54. The maximum atomic E-state index is 5.64. The molecule has 1 unspecified atom stereocenters. The summed E-state index contributed by atoms with van der Waals surface area (Å²) in [6.07, 6.45) is 6.68. The van der Waals surface area contributed by atoms with Crippen molar-refractivity contribution in [3.63, 3.8) is 0 Å². The van der Waals surface area contributed by atoms with E-state index >= 15 is 0 Å². The van der Waals surface area contributed by atoms with Gasteiger partial charge in [-0.1, -0.05) is 18.2 Å². The number of para-hydroxylation sites is 1. The minimum atomic E-state index is 0.290. The molecule has 1 aromatic carbocycles. The molecule has 1 fully saturated rings. The highest BCUT2D eigenvalue weighted by molar-refractivity contribution is 5.65. The van der Waals surface area contributed by atoms with Gasteiger partial charge in [0.15, 0.2) is 0 Å². The molecule has 5 nitrogen and oxygen atoms in total. The fourth-order valence-corrected chi connectivity index (χ4v) is 3.37. The molecule has 2 aromatic rings. The molecule has 0 radical (unpaired) electrons. The zero-order chi connectivity index (χ0) is 15.5. The van der Waals surface area contributed by atoms with E-state index in [1.165, 1.54) is 11.3 Å². The van der Waals surface area contributed by atoms with E-state index in [9.17, 15) is 0 Å². The number of benzene rings is 1. The number of ether oxygens (including phenoxy) is 1. The van der Waals surface area contributed by atoms with Crippen LogP contribution in [0.4, 0.5) is 17.5 Å². The highest BCUT2D eigenvalue weighted by Crippen LogP contribution is 2.32. The highest BCUT2D eigenvalue weighted by Gasteiger charge is 2.19. The Morgan fingerprint density at radius 1 is 1.22 bits per heavy atom. The quantitative estimate of drug-likeness (QED) is 0.940. The van der Waals surface area contributed by atoms with Crippen molar-refractivity contribution in [2.24, 2.45) is 0 Å². The SMILES string of the molecule is c1ccc2c(c1)CCCN2c1ccnc(NCC2CCCO2)n1. The van der Waals surface area contributed by atoms with Gasteiger partial charge in [-0.15, -0.1) is 0 Å². The van der Waals surface area contributed by atoms with E-state index < -0.39 is 0 Å². The molecule has 0 amide bonds. The molecule has 2 aliphatic rings. The average molecular weight is 310 g/mol. The van der Waals surface area contributed by atoms with Gasteiger partial charge in [0, 0.05) is 31.6 Å². The maximum Gasteiger partial charge on any atom is 0.224 e. The van der Waals surface area contributed by atoms with Crippen LogP contribution in [0.5, 0.6) is 0 Å². The van der Waals surface area contributed by atoms with Crippen LogP contribution >= 0.6 is 0 Å². The highest BCUT2D eigenvalue weighted by atomic mass is 16.5. The number of aryl methyl sites for hydroxylation is 1. The summed E-state index contributed by atoms with van der Waals surface area (Å²) in [4.78, 5) is 11.3. The molecule has 1 atom stereocenters. The van der Waals surface area contributed by atoms with Gasteiger partial charge in [0.1, 0.15) is 5.82 Å².